The molecule has 0 aliphatic rings. The normalized spacial score (nSPS) is 5.25. The molecule has 0 spiro atoms. The average Bonchev–Trinajstić information content (AvgIpc) is 1.37. The van der Waals surface area contributed by atoms with Gasteiger partial charge >= 0.3 is 29.5 Å². The van der Waals surface area contributed by atoms with E-state index in [4.69, 9.17) is 8.91 Å². The van der Waals surface area contributed by atoms with Gasteiger partial charge in [-0.25, -0.2) is 0 Å². The molecule has 0 aromatic heterocycles. The van der Waals surface area contributed by atoms with Crippen molar-refractivity contribution in [1.29, 1.82) is 0 Å². The van der Waals surface area contributed by atoms with Crippen molar-refractivity contribution in [3.63, 3.8) is 0 Å². The predicted molar refractivity (Wildman–Crippen MR) is 13.5 cm³/mol. The summed E-state index contributed by atoms with van der Waals surface area (Å²) in [5, 5.41) is 7.60. The summed E-state index contributed by atoms with van der Waals surface area (Å²) in [6.45, 7) is 0. The standard InChI is InChI=1S/CH3O.Al.O/c1-2;;/h2H,1H2;;. The Kier molecular flexibility index (Phi) is 3.53. The molecule has 0 heterocycles. The molecule has 0 amide bonds. The third-order valence-electron chi connectivity index (χ3n) is 0.0745. The monoisotopic (exact) mass is 74.0 g/mol. The molecule has 0 fully saturated rings. The fourth-order valence-corrected chi connectivity index (χ4v) is 0. The van der Waals surface area contributed by atoms with Gasteiger partial charge in [0, 0.05) is 0 Å². The minimum atomic E-state index is -0.912. The molecule has 0 saturated heterocycles. The van der Waals surface area contributed by atoms with Gasteiger partial charge in [0.2, 0.25) is 0 Å². The van der Waals surface area contributed by atoms with E-state index in [0.717, 1.165) is 0 Å². The fourth-order valence-electron chi connectivity index (χ4n) is 0. The van der Waals surface area contributed by atoms with E-state index in [0.29, 0.717) is 0 Å². The summed E-state index contributed by atoms with van der Waals surface area (Å²) in [5.41, 5.74) is -0.153. The number of hydrogen-bond acceptors (Lipinski definition) is 2. The molecule has 0 radical (unpaired) electrons. The first-order valence-corrected chi connectivity index (χ1v) is 2.25. The molecular formula is CH3AlO2. The molecule has 3 heteroatoms. The Hall–Kier alpha value is 0.292. The van der Waals surface area contributed by atoms with Gasteiger partial charge in [-0.1, -0.05) is 0 Å². The van der Waals surface area contributed by atoms with Gasteiger partial charge in [-0.05, 0) is 0 Å². The molecule has 0 bridgehead atoms. The van der Waals surface area contributed by atoms with Gasteiger partial charge in [-0.3, -0.25) is 0 Å². The van der Waals surface area contributed by atoms with Gasteiger partial charge in [-0.2, -0.15) is 0 Å². The summed E-state index contributed by atoms with van der Waals surface area (Å²) in [5.74, 6) is 0. The van der Waals surface area contributed by atoms with Crippen molar-refractivity contribution < 1.29 is 8.91 Å². The SMILES string of the molecule is [O]=[Al][CH2]O. The van der Waals surface area contributed by atoms with Crippen LogP contribution in [0.1, 0.15) is 0 Å². The van der Waals surface area contributed by atoms with Gasteiger partial charge in [0.25, 0.3) is 0 Å². The molecule has 0 unspecified atom stereocenters. The van der Waals surface area contributed by atoms with E-state index in [9.17, 15) is 0 Å². The Morgan fingerprint density at radius 1 is 2.00 bits per heavy atom. The second-order valence-corrected chi connectivity index (χ2v) is 1.05. The van der Waals surface area contributed by atoms with Crippen molar-refractivity contribution in [2.24, 2.45) is 0 Å². The number of aliphatic hydroxyl groups excluding tert-OH is 1. The Bertz CT molecular complexity index is 20.0. The van der Waals surface area contributed by atoms with E-state index in [2.05, 4.69) is 0 Å². The first kappa shape index (κ1) is 4.29. The molecule has 0 aliphatic carbocycles. The molecule has 0 rings (SSSR count). The van der Waals surface area contributed by atoms with Crippen molar-refractivity contribution in [3.8, 4) is 0 Å². The van der Waals surface area contributed by atoms with Gasteiger partial charge in [0.15, 0.2) is 0 Å². The Labute approximate surface area is 30.4 Å². The van der Waals surface area contributed by atoms with Crippen LogP contribution in [0.25, 0.3) is 0 Å². The van der Waals surface area contributed by atoms with Crippen LogP contribution in [-0.4, -0.2) is 25.7 Å². The van der Waals surface area contributed by atoms with Crippen LogP contribution < -0.4 is 0 Å². The van der Waals surface area contributed by atoms with Crippen molar-refractivity contribution in [2.75, 3.05) is 5.47 Å². The van der Waals surface area contributed by atoms with Gasteiger partial charge in [0.05, 0.1) is 0 Å². The summed E-state index contributed by atoms with van der Waals surface area (Å²) < 4.78 is 9.13. The number of aliphatic hydroxyl groups is 1. The van der Waals surface area contributed by atoms with Crippen LogP contribution in [0, 0.1) is 0 Å². The van der Waals surface area contributed by atoms with E-state index < -0.39 is 15.2 Å². The van der Waals surface area contributed by atoms with Crippen LogP contribution in [0.5, 0.6) is 0 Å². The zero-order chi connectivity index (χ0) is 3.41. The maximum atomic E-state index is 9.13. The Morgan fingerprint density at radius 2 is 2.25 bits per heavy atom. The fraction of sp³-hybridized carbons (Fsp3) is 1.00. The molecule has 0 aromatic rings. The van der Waals surface area contributed by atoms with Crippen molar-refractivity contribution >= 4 is 15.2 Å². The average molecular weight is 74.0 g/mol. The molecule has 1 N–H and O–H groups in total. The maximum absolute atomic E-state index is 9.13. The first-order chi connectivity index (χ1) is 1.91. The zero-order valence-electron chi connectivity index (χ0n) is 2.14. The molecule has 2 nitrogen and oxygen atoms in total. The van der Waals surface area contributed by atoms with Crippen molar-refractivity contribution in [3.05, 3.63) is 0 Å². The molecule has 22 valence electrons. The molecular weight excluding hydrogens is 71.0 g/mol. The van der Waals surface area contributed by atoms with E-state index in [1.54, 1.807) is 0 Å². The Balaban J connectivity index is 2.30. The summed E-state index contributed by atoms with van der Waals surface area (Å²) in [6, 6.07) is 0. The second-order valence-electron chi connectivity index (χ2n) is 0.349. The quantitative estimate of drug-likeness (QED) is 0.404. The van der Waals surface area contributed by atoms with Crippen LogP contribution in [0.4, 0.5) is 0 Å². The number of hydrogen-bond donors (Lipinski definition) is 1. The minimum absolute atomic E-state index is 0.153. The molecule has 4 heavy (non-hydrogen) atoms. The van der Waals surface area contributed by atoms with E-state index in [1.165, 1.54) is 0 Å². The van der Waals surface area contributed by atoms with Crippen molar-refractivity contribution in [1.82, 2.24) is 0 Å². The van der Waals surface area contributed by atoms with Crippen molar-refractivity contribution in [2.45, 2.75) is 0 Å². The molecule has 0 saturated carbocycles. The van der Waals surface area contributed by atoms with Crippen LogP contribution in [0.3, 0.4) is 0 Å². The van der Waals surface area contributed by atoms with Gasteiger partial charge in [-0.15, -0.1) is 0 Å². The Morgan fingerprint density at radius 3 is 2.25 bits per heavy atom. The first-order valence-electron chi connectivity index (χ1n) is 0.960. The topological polar surface area (TPSA) is 37.3 Å². The third-order valence-corrected chi connectivity index (χ3v) is 0.224. The van der Waals surface area contributed by atoms with Crippen LogP contribution in [-0.2, 0) is 3.80 Å². The molecule has 0 atom stereocenters. The van der Waals surface area contributed by atoms with Crippen LogP contribution in [0.2, 0.25) is 0 Å². The zero-order valence-corrected chi connectivity index (χ0v) is 3.29. The summed E-state index contributed by atoms with van der Waals surface area (Å²) in [6.07, 6.45) is 0. The second kappa shape index (κ2) is 3.29. The summed E-state index contributed by atoms with van der Waals surface area (Å²) in [7, 11) is 0. The van der Waals surface area contributed by atoms with Crippen LogP contribution >= 0.6 is 0 Å². The molecule has 0 aliphatic heterocycles. The summed E-state index contributed by atoms with van der Waals surface area (Å²) in [4.78, 5) is 0. The van der Waals surface area contributed by atoms with Gasteiger partial charge in [0.1, 0.15) is 0 Å². The van der Waals surface area contributed by atoms with E-state index in [1.807, 2.05) is 0 Å². The molecule has 0 aromatic carbocycles. The van der Waals surface area contributed by atoms with Gasteiger partial charge < -0.3 is 0 Å². The number of rotatable bonds is 1. The summed E-state index contributed by atoms with van der Waals surface area (Å²) >= 11 is -0.912. The predicted octanol–water partition coefficient (Wildman–Crippen LogP) is -1.01. The van der Waals surface area contributed by atoms with Crippen LogP contribution in [0.15, 0.2) is 0 Å². The van der Waals surface area contributed by atoms with E-state index in [-0.39, 0.29) is 5.47 Å². The van der Waals surface area contributed by atoms with E-state index >= 15 is 0 Å². The third kappa shape index (κ3) is 2.29.